The molecule has 0 radical (unpaired) electrons. The van der Waals surface area contributed by atoms with E-state index in [4.69, 9.17) is 0 Å². The van der Waals surface area contributed by atoms with Crippen LogP contribution < -0.4 is 10.6 Å². The molecule has 3 nitrogen and oxygen atoms in total. The minimum absolute atomic E-state index is 0.117. The van der Waals surface area contributed by atoms with Gasteiger partial charge in [-0.3, -0.25) is 4.79 Å². The van der Waals surface area contributed by atoms with Crippen LogP contribution in [-0.2, 0) is 4.79 Å². The van der Waals surface area contributed by atoms with Gasteiger partial charge in [0.1, 0.15) is 0 Å². The topological polar surface area (TPSA) is 41.1 Å². The molecule has 0 aromatic rings. The van der Waals surface area contributed by atoms with Crippen LogP contribution in [0.5, 0.6) is 0 Å². The van der Waals surface area contributed by atoms with Crippen molar-refractivity contribution in [1.29, 1.82) is 0 Å². The van der Waals surface area contributed by atoms with Crippen molar-refractivity contribution in [2.45, 2.75) is 52.5 Å². The zero-order chi connectivity index (χ0) is 12.2. The molecule has 2 unspecified atom stereocenters. The van der Waals surface area contributed by atoms with Gasteiger partial charge < -0.3 is 10.6 Å². The maximum Gasteiger partial charge on any atom is 0.226 e. The molecule has 3 heteroatoms. The predicted octanol–water partition coefficient (Wildman–Crippen LogP) is 1.93. The lowest BCUT2D eigenvalue weighted by atomic mass is 9.91. The predicted molar refractivity (Wildman–Crippen MR) is 67.3 cm³/mol. The van der Waals surface area contributed by atoms with Gasteiger partial charge in [-0.05, 0) is 32.6 Å². The zero-order valence-electron chi connectivity index (χ0n) is 11.1. The van der Waals surface area contributed by atoms with Crippen LogP contribution in [0.15, 0.2) is 0 Å². The van der Waals surface area contributed by atoms with E-state index in [9.17, 15) is 4.79 Å². The van der Waals surface area contributed by atoms with Crippen molar-refractivity contribution >= 4 is 5.91 Å². The highest BCUT2D eigenvalue weighted by molar-refractivity contribution is 5.81. The molecule has 0 bridgehead atoms. The van der Waals surface area contributed by atoms with Gasteiger partial charge in [0.15, 0.2) is 0 Å². The molecule has 1 aliphatic rings. The molecule has 1 aliphatic carbocycles. The van der Waals surface area contributed by atoms with E-state index in [1.54, 1.807) is 7.05 Å². The van der Waals surface area contributed by atoms with E-state index in [2.05, 4.69) is 17.6 Å². The Balaban J connectivity index is 2.41. The number of carbonyl (C=O) groups is 1. The SMILES string of the molecule is CCC1CCCC1NCC(C)(C)C(=O)NC. The molecule has 1 rings (SSSR count). The molecular formula is C13H26N2O. The third kappa shape index (κ3) is 3.21. The van der Waals surface area contributed by atoms with Gasteiger partial charge in [-0.15, -0.1) is 0 Å². The van der Waals surface area contributed by atoms with Crippen LogP contribution in [0.4, 0.5) is 0 Å². The van der Waals surface area contributed by atoms with Crippen molar-refractivity contribution in [2.75, 3.05) is 13.6 Å². The van der Waals surface area contributed by atoms with E-state index in [1.165, 1.54) is 25.7 Å². The zero-order valence-corrected chi connectivity index (χ0v) is 11.1. The highest BCUT2D eigenvalue weighted by Gasteiger charge is 2.30. The minimum atomic E-state index is -0.310. The lowest BCUT2D eigenvalue weighted by Crippen LogP contribution is -2.45. The highest BCUT2D eigenvalue weighted by Crippen LogP contribution is 2.28. The second-order valence-electron chi connectivity index (χ2n) is 5.55. The van der Waals surface area contributed by atoms with E-state index >= 15 is 0 Å². The monoisotopic (exact) mass is 226 g/mol. The molecule has 0 aromatic heterocycles. The van der Waals surface area contributed by atoms with Crippen LogP contribution in [0.3, 0.4) is 0 Å². The minimum Gasteiger partial charge on any atom is -0.359 e. The largest absolute Gasteiger partial charge is 0.359 e. The fourth-order valence-electron chi connectivity index (χ4n) is 2.60. The first kappa shape index (κ1) is 13.5. The number of hydrogen-bond donors (Lipinski definition) is 2. The number of nitrogens with one attached hydrogen (secondary N) is 2. The summed E-state index contributed by atoms with van der Waals surface area (Å²) in [5, 5.41) is 6.30. The van der Waals surface area contributed by atoms with E-state index in [0.717, 1.165) is 12.5 Å². The first-order chi connectivity index (χ1) is 7.51. The molecule has 0 spiro atoms. The molecule has 1 amide bonds. The Hall–Kier alpha value is -0.570. The second kappa shape index (κ2) is 5.67. The normalized spacial score (nSPS) is 25.8. The van der Waals surface area contributed by atoms with Crippen molar-refractivity contribution in [3.05, 3.63) is 0 Å². The number of carbonyl (C=O) groups excluding carboxylic acids is 1. The summed E-state index contributed by atoms with van der Waals surface area (Å²) in [7, 11) is 1.70. The molecule has 0 heterocycles. The fourth-order valence-corrected chi connectivity index (χ4v) is 2.60. The van der Waals surface area contributed by atoms with Gasteiger partial charge in [0.05, 0.1) is 5.41 Å². The highest BCUT2D eigenvalue weighted by atomic mass is 16.2. The number of rotatable bonds is 5. The Morgan fingerprint density at radius 2 is 2.06 bits per heavy atom. The lowest BCUT2D eigenvalue weighted by molar-refractivity contribution is -0.128. The van der Waals surface area contributed by atoms with Gasteiger partial charge in [0.25, 0.3) is 0 Å². The Labute approximate surface area is 99.4 Å². The Morgan fingerprint density at radius 1 is 1.38 bits per heavy atom. The fraction of sp³-hybridized carbons (Fsp3) is 0.923. The summed E-state index contributed by atoms with van der Waals surface area (Å²) in [6, 6.07) is 0.619. The van der Waals surface area contributed by atoms with Gasteiger partial charge in [-0.1, -0.05) is 19.8 Å². The summed E-state index contributed by atoms with van der Waals surface area (Å²) in [5.41, 5.74) is -0.310. The molecule has 2 N–H and O–H groups in total. The van der Waals surface area contributed by atoms with Gasteiger partial charge in [-0.2, -0.15) is 0 Å². The Kier molecular flexibility index (Phi) is 4.78. The average molecular weight is 226 g/mol. The first-order valence-electron chi connectivity index (χ1n) is 6.47. The van der Waals surface area contributed by atoms with Gasteiger partial charge in [0.2, 0.25) is 5.91 Å². The molecule has 1 fully saturated rings. The average Bonchev–Trinajstić information content (AvgIpc) is 2.72. The first-order valence-corrected chi connectivity index (χ1v) is 6.47. The van der Waals surface area contributed by atoms with Crippen molar-refractivity contribution in [3.8, 4) is 0 Å². The van der Waals surface area contributed by atoms with Crippen molar-refractivity contribution in [1.82, 2.24) is 10.6 Å². The van der Waals surface area contributed by atoms with Crippen LogP contribution >= 0.6 is 0 Å². The number of hydrogen-bond acceptors (Lipinski definition) is 2. The maximum atomic E-state index is 11.6. The van der Waals surface area contributed by atoms with Crippen LogP contribution in [0.1, 0.15) is 46.5 Å². The quantitative estimate of drug-likeness (QED) is 0.752. The number of amides is 1. The van der Waals surface area contributed by atoms with E-state index in [1.807, 2.05) is 13.8 Å². The van der Waals surface area contributed by atoms with E-state index in [-0.39, 0.29) is 11.3 Å². The molecule has 1 saturated carbocycles. The third-order valence-electron chi connectivity index (χ3n) is 3.83. The molecule has 2 atom stereocenters. The molecule has 0 saturated heterocycles. The lowest BCUT2D eigenvalue weighted by Gasteiger charge is -2.27. The maximum absolute atomic E-state index is 11.6. The summed E-state index contributed by atoms with van der Waals surface area (Å²) in [6.07, 6.45) is 5.19. The van der Waals surface area contributed by atoms with Gasteiger partial charge in [-0.25, -0.2) is 0 Å². The Morgan fingerprint density at radius 3 is 2.62 bits per heavy atom. The summed E-state index contributed by atoms with van der Waals surface area (Å²) in [6.45, 7) is 7.02. The van der Waals surface area contributed by atoms with Gasteiger partial charge in [0, 0.05) is 19.6 Å². The van der Waals surface area contributed by atoms with Gasteiger partial charge >= 0.3 is 0 Å². The molecular weight excluding hydrogens is 200 g/mol. The smallest absolute Gasteiger partial charge is 0.226 e. The van der Waals surface area contributed by atoms with Crippen LogP contribution in [0.25, 0.3) is 0 Å². The third-order valence-corrected chi connectivity index (χ3v) is 3.83. The van der Waals surface area contributed by atoms with Crippen LogP contribution in [0.2, 0.25) is 0 Å². The molecule has 0 aliphatic heterocycles. The second-order valence-corrected chi connectivity index (χ2v) is 5.55. The van der Waals surface area contributed by atoms with E-state index in [0.29, 0.717) is 6.04 Å². The molecule has 94 valence electrons. The van der Waals surface area contributed by atoms with Crippen molar-refractivity contribution in [2.24, 2.45) is 11.3 Å². The Bertz CT molecular complexity index is 238. The molecule has 0 aromatic carbocycles. The molecule has 16 heavy (non-hydrogen) atoms. The summed E-state index contributed by atoms with van der Waals surface area (Å²) >= 11 is 0. The summed E-state index contributed by atoms with van der Waals surface area (Å²) in [4.78, 5) is 11.6. The summed E-state index contributed by atoms with van der Waals surface area (Å²) in [5.74, 6) is 0.923. The van der Waals surface area contributed by atoms with Crippen LogP contribution in [0, 0.1) is 11.3 Å². The van der Waals surface area contributed by atoms with Crippen LogP contribution in [-0.4, -0.2) is 25.5 Å². The summed E-state index contributed by atoms with van der Waals surface area (Å²) < 4.78 is 0. The standard InChI is InChI=1S/C13H26N2O/c1-5-10-7-6-8-11(10)15-9-13(2,3)12(16)14-4/h10-11,15H,5-9H2,1-4H3,(H,14,16). The van der Waals surface area contributed by atoms with E-state index < -0.39 is 0 Å². The van der Waals surface area contributed by atoms with Crippen molar-refractivity contribution in [3.63, 3.8) is 0 Å². The van der Waals surface area contributed by atoms with Crippen molar-refractivity contribution < 1.29 is 4.79 Å².